The summed E-state index contributed by atoms with van der Waals surface area (Å²) in [6.45, 7) is 11.9. The van der Waals surface area contributed by atoms with Gasteiger partial charge in [-0.15, -0.1) is 0 Å². The van der Waals surface area contributed by atoms with Crippen LogP contribution in [0.1, 0.15) is 34.1 Å². The second-order valence-electron chi connectivity index (χ2n) is 6.43. The predicted molar refractivity (Wildman–Crippen MR) is 92.5 cm³/mol. The van der Waals surface area contributed by atoms with Gasteiger partial charge in [-0.1, -0.05) is 0 Å². The number of halogens is 1. The first-order valence-corrected chi connectivity index (χ1v) is 8.47. The van der Waals surface area contributed by atoms with E-state index >= 15 is 0 Å². The molecule has 1 heterocycles. The van der Waals surface area contributed by atoms with Gasteiger partial charge in [-0.2, -0.15) is 0 Å². The molecule has 0 aliphatic heterocycles. The smallest absolute Gasteiger partial charge is 0.244 e. The standard InChI is InChI=1S/C15H29IN3O2/c1-14(2,17)5-9-20-11-12-21-10-8-18-6-7-19(13-18)15(3,4)16/h6-7,13H,5,8-12,17H2,1-4H3/q+1. The van der Waals surface area contributed by atoms with Crippen LogP contribution in [0.25, 0.3) is 0 Å². The zero-order valence-electron chi connectivity index (χ0n) is 13.6. The lowest BCUT2D eigenvalue weighted by molar-refractivity contribution is -0.698. The van der Waals surface area contributed by atoms with Crippen molar-refractivity contribution in [1.82, 2.24) is 4.57 Å². The average Bonchev–Trinajstić information content (AvgIpc) is 2.79. The Morgan fingerprint density at radius 3 is 2.24 bits per heavy atom. The molecule has 0 fully saturated rings. The van der Waals surface area contributed by atoms with Crippen LogP contribution in [-0.2, 0) is 19.6 Å². The maximum Gasteiger partial charge on any atom is 0.244 e. The van der Waals surface area contributed by atoms with Crippen molar-refractivity contribution in [3.05, 3.63) is 18.7 Å². The summed E-state index contributed by atoms with van der Waals surface area (Å²) < 4.78 is 15.5. The van der Waals surface area contributed by atoms with Crippen molar-refractivity contribution in [2.24, 2.45) is 5.73 Å². The molecule has 0 bridgehead atoms. The molecular weight excluding hydrogens is 381 g/mol. The third kappa shape index (κ3) is 8.75. The first-order valence-electron chi connectivity index (χ1n) is 7.39. The molecule has 0 aliphatic carbocycles. The number of nitrogens with zero attached hydrogens (tertiary/aromatic N) is 2. The second kappa shape index (κ2) is 8.45. The lowest BCUT2D eigenvalue weighted by Gasteiger charge is -2.17. The van der Waals surface area contributed by atoms with Gasteiger partial charge in [-0.3, -0.25) is 0 Å². The van der Waals surface area contributed by atoms with E-state index in [1.54, 1.807) is 0 Å². The zero-order chi connectivity index (χ0) is 15.9. The molecular formula is C15H29IN3O2+. The first kappa shape index (κ1) is 18.9. The molecule has 1 rings (SSSR count). The lowest BCUT2D eigenvalue weighted by Crippen LogP contribution is -2.35. The normalized spacial score (nSPS) is 12.9. The molecule has 1 aromatic rings. The SMILES string of the molecule is CC(C)(N)CCOCCOCC[n+]1ccn(C(C)(C)I)c1. The van der Waals surface area contributed by atoms with Gasteiger partial charge >= 0.3 is 0 Å². The maximum absolute atomic E-state index is 5.88. The van der Waals surface area contributed by atoms with E-state index in [4.69, 9.17) is 15.2 Å². The maximum atomic E-state index is 5.88. The number of hydrogen-bond acceptors (Lipinski definition) is 3. The monoisotopic (exact) mass is 410 g/mol. The summed E-state index contributed by atoms with van der Waals surface area (Å²) in [6, 6.07) is 0. The van der Waals surface area contributed by atoms with E-state index < -0.39 is 0 Å². The zero-order valence-corrected chi connectivity index (χ0v) is 15.8. The number of alkyl halides is 1. The summed E-state index contributed by atoms with van der Waals surface area (Å²) in [4.78, 5) is 0. The van der Waals surface area contributed by atoms with Crippen molar-refractivity contribution in [2.45, 2.75) is 49.7 Å². The molecule has 0 saturated carbocycles. The topological polar surface area (TPSA) is 53.3 Å². The van der Waals surface area contributed by atoms with Crippen molar-refractivity contribution in [3.63, 3.8) is 0 Å². The van der Waals surface area contributed by atoms with Gasteiger partial charge < -0.3 is 15.2 Å². The van der Waals surface area contributed by atoms with Crippen LogP contribution in [0, 0.1) is 0 Å². The number of hydrogen-bond donors (Lipinski definition) is 1. The van der Waals surface area contributed by atoms with Crippen LogP contribution in [0.3, 0.4) is 0 Å². The molecule has 0 unspecified atom stereocenters. The Kier molecular flexibility index (Phi) is 7.59. The number of ether oxygens (including phenoxy) is 2. The fourth-order valence-corrected chi connectivity index (χ4v) is 1.95. The summed E-state index contributed by atoms with van der Waals surface area (Å²) in [5.41, 5.74) is 5.72. The number of nitrogens with two attached hydrogens (primary N) is 1. The minimum atomic E-state index is -0.156. The highest BCUT2D eigenvalue weighted by molar-refractivity contribution is 14.1. The van der Waals surface area contributed by atoms with E-state index in [9.17, 15) is 0 Å². The van der Waals surface area contributed by atoms with Crippen LogP contribution in [0.5, 0.6) is 0 Å². The van der Waals surface area contributed by atoms with Gasteiger partial charge in [0.25, 0.3) is 0 Å². The Morgan fingerprint density at radius 2 is 1.71 bits per heavy atom. The Bertz CT molecular complexity index is 408. The lowest BCUT2D eigenvalue weighted by atomic mass is 10.0. The van der Waals surface area contributed by atoms with Crippen LogP contribution in [0.2, 0.25) is 0 Å². The van der Waals surface area contributed by atoms with Crippen LogP contribution in [0.15, 0.2) is 18.7 Å². The molecule has 5 nitrogen and oxygen atoms in total. The van der Waals surface area contributed by atoms with Crippen molar-refractivity contribution in [3.8, 4) is 0 Å². The summed E-state index contributed by atoms with van der Waals surface area (Å²) in [5, 5.41) is 0. The molecule has 122 valence electrons. The molecule has 0 aliphatic rings. The molecule has 0 amide bonds. The van der Waals surface area contributed by atoms with E-state index in [1.165, 1.54) is 0 Å². The van der Waals surface area contributed by atoms with Gasteiger partial charge in [-0.05, 0) is 56.7 Å². The quantitative estimate of drug-likeness (QED) is 0.278. The second-order valence-corrected chi connectivity index (χ2v) is 9.07. The van der Waals surface area contributed by atoms with Crippen LogP contribution in [0.4, 0.5) is 0 Å². The minimum Gasteiger partial charge on any atom is -0.379 e. The van der Waals surface area contributed by atoms with E-state index in [2.05, 4.69) is 64.3 Å². The fraction of sp³-hybridized carbons (Fsp3) is 0.800. The molecule has 0 saturated heterocycles. The van der Waals surface area contributed by atoms with Gasteiger partial charge in [-0.25, -0.2) is 9.13 Å². The minimum absolute atomic E-state index is 0.0917. The highest BCUT2D eigenvalue weighted by Gasteiger charge is 2.20. The third-order valence-corrected chi connectivity index (χ3v) is 3.62. The van der Waals surface area contributed by atoms with Gasteiger partial charge in [0.1, 0.15) is 18.9 Å². The largest absolute Gasteiger partial charge is 0.379 e. The van der Waals surface area contributed by atoms with E-state index in [-0.39, 0.29) is 9.08 Å². The van der Waals surface area contributed by atoms with E-state index in [1.807, 2.05) is 13.8 Å². The number of imidazole rings is 1. The molecule has 0 atom stereocenters. The molecule has 21 heavy (non-hydrogen) atoms. The number of rotatable bonds is 10. The predicted octanol–water partition coefficient (Wildman–Crippen LogP) is 2.06. The van der Waals surface area contributed by atoms with Gasteiger partial charge in [0.2, 0.25) is 6.33 Å². The van der Waals surface area contributed by atoms with E-state index in [0.29, 0.717) is 26.4 Å². The first-order chi connectivity index (χ1) is 9.68. The van der Waals surface area contributed by atoms with Gasteiger partial charge in [0, 0.05) is 12.1 Å². The van der Waals surface area contributed by atoms with Crippen molar-refractivity contribution >= 4 is 22.6 Å². The van der Waals surface area contributed by atoms with Gasteiger partial charge in [0.15, 0.2) is 3.55 Å². The number of aromatic nitrogens is 2. The molecule has 2 N–H and O–H groups in total. The third-order valence-electron chi connectivity index (χ3n) is 3.06. The van der Waals surface area contributed by atoms with Crippen LogP contribution < -0.4 is 10.3 Å². The van der Waals surface area contributed by atoms with Crippen LogP contribution in [-0.4, -0.2) is 36.5 Å². The molecule has 0 radical (unpaired) electrons. The molecule has 1 aromatic heterocycles. The summed E-state index contributed by atoms with van der Waals surface area (Å²) in [5.74, 6) is 0. The summed E-state index contributed by atoms with van der Waals surface area (Å²) in [6.07, 6.45) is 7.13. The Labute approximate surface area is 141 Å². The van der Waals surface area contributed by atoms with Crippen molar-refractivity contribution in [1.29, 1.82) is 0 Å². The molecule has 0 aromatic carbocycles. The summed E-state index contributed by atoms with van der Waals surface area (Å²) >= 11 is 2.42. The van der Waals surface area contributed by atoms with Gasteiger partial charge in [0.05, 0.1) is 19.8 Å². The molecule has 6 heteroatoms. The Hall–Kier alpha value is -0.180. The Morgan fingerprint density at radius 1 is 1.10 bits per heavy atom. The van der Waals surface area contributed by atoms with Crippen molar-refractivity contribution in [2.75, 3.05) is 26.4 Å². The van der Waals surface area contributed by atoms with E-state index in [0.717, 1.165) is 13.0 Å². The highest BCUT2D eigenvalue weighted by Crippen LogP contribution is 2.22. The van der Waals surface area contributed by atoms with Crippen LogP contribution >= 0.6 is 22.6 Å². The fourth-order valence-electron chi connectivity index (χ4n) is 1.67. The highest BCUT2D eigenvalue weighted by atomic mass is 127. The molecule has 0 spiro atoms. The average molecular weight is 410 g/mol. The van der Waals surface area contributed by atoms with Crippen molar-refractivity contribution < 1.29 is 14.0 Å². The summed E-state index contributed by atoms with van der Waals surface area (Å²) in [7, 11) is 0. The Balaban J connectivity index is 2.06.